The summed E-state index contributed by atoms with van der Waals surface area (Å²) in [4.78, 5) is 10.4. The molecule has 0 saturated carbocycles. The zero-order chi connectivity index (χ0) is 10.1. The van der Waals surface area contributed by atoms with Gasteiger partial charge in [-0.25, -0.2) is 9.18 Å². The summed E-state index contributed by atoms with van der Waals surface area (Å²) in [6.45, 7) is 0.586. The molecular formula is C10H9FO3. The van der Waals surface area contributed by atoms with Gasteiger partial charge in [0.15, 0.2) is 0 Å². The Labute approximate surface area is 80.1 Å². The minimum Gasteiger partial charge on any atom is -0.493 e. The molecule has 0 spiro atoms. The van der Waals surface area contributed by atoms with E-state index in [2.05, 4.69) is 0 Å². The lowest BCUT2D eigenvalue weighted by Gasteiger charge is -2.05. The van der Waals surface area contributed by atoms with Crippen LogP contribution in [-0.4, -0.2) is 17.7 Å². The van der Waals surface area contributed by atoms with Crippen molar-refractivity contribution in [3.63, 3.8) is 0 Å². The van der Waals surface area contributed by atoms with Crippen molar-refractivity contribution in [2.45, 2.75) is 12.6 Å². The fourth-order valence-electron chi connectivity index (χ4n) is 1.51. The van der Waals surface area contributed by atoms with E-state index in [1.54, 1.807) is 12.1 Å². The van der Waals surface area contributed by atoms with Crippen LogP contribution < -0.4 is 4.74 Å². The summed E-state index contributed by atoms with van der Waals surface area (Å²) in [6, 6.07) is 4.62. The third kappa shape index (κ3) is 1.43. The Morgan fingerprint density at radius 2 is 2.36 bits per heavy atom. The number of halogens is 1. The second kappa shape index (κ2) is 3.29. The highest BCUT2D eigenvalue weighted by Gasteiger charge is 2.21. The van der Waals surface area contributed by atoms with Crippen LogP contribution in [0.3, 0.4) is 0 Å². The Morgan fingerprint density at radius 1 is 1.57 bits per heavy atom. The van der Waals surface area contributed by atoms with Crippen molar-refractivity contribution in [1.29, 1.82) is 0 Å². The average molecular weight is 196 g/mol. The van der Waals surface area contributed by atoms with Crippen LogP contribution in [0, 0.1) is 0 Å². The van der Waals surface area contributed by atoms with Gasteiger partial charge in [-0.05, 0) is 23.3 Å². The molecule has 1 aromatic carbocycles. The SMILES string of the molecule is O=C(O)C(F)c1ccc2c(c1)CCO2. The number of alkyl halides is 1. The first kappa shape index (κ1) is 8.99. The Balaban J connectivity index is 2.33. The third-order valence-electron chi connectivity index (χ3n) is 2.22. The Hall–Kier alpha value is -1.58. The fourth-order valence-corrected chi connectivity index (χ4v) is 1.51. The summed E-state index contributed by atoms with van der Waals surface area (Å²) in [5.41, 5.74) is 1.06. The predicted molar refractivity (Wildman–Crippen MR) is 47.1 cm³/mol. The van der Waals surface area contributed by atoms with Crippen molar-refractivity contribution >= 4 is 5.97 Å². The molecule has 1 atom stereocenters. The molecule has 14 heavy (non-hydrogen) atoms. The lowest BCUT2D eigenvalue weighted by molar-refractivity contribution is -0.143. The van der Waals surface area contributed by atoms with E-state index in [9.17, 15) is 9.18 Å². The van der Waals surface area contributed by atoms with E-state index >= 15 is 0 Å². The first-order valence-electron chi connectivity index (χ1n) is 4.31. The summed E-state index contributed by atoms with van der Waals surface area (Å²) >= 11 is 0. The highest BCUT2D eigenvalue weighted by Crippen LogP contribution is 2.29. The average Bonchev–Trinajstić information content (AvgIpc) is 2.62. The monoisotopic (exact) mass is 196 g/mol. The molecular weight excluding hydrogens is 187 g/mol. The molecule has 74 valence electrons. The molecule has 0 bridgehead atoms. The number of aliphatic carboxylic acids is 1. The van der Waals surface area contributed by atoms with E-state index in [1.165, 1.54) is 6.07 Å². The van der Waals surface area contributed by atoms with Gasteiger partial charge in [-0.1, -0.05) is 6.07 Å². The zero-order valence-corrected chi connectivity index (χ0v) is 7.37. The van der Waals surface area contributed by atoms with Crippen LogP contribution in [0.2, 0.25) is 0 Å². The molecule has 1 unspecified atom stereocenters. The summed E-state index contributed by atoms with van der Waals surface area (Å²) < 4.78 is 18.3. The first-order chi connectivity index (χ1) is 6.68. The molecule has 0 saturated heterocycles. The summed E-state index contributed by atoms with van der Waals surface area (Å²) in [5.74, 6) is -0.727. The molecule has 4 heteroatoms. The Kier molecular flexibility index (Phi) is 2.11. The molecule has 0 fully saturated rings. The lowest BCUT2D eigenvalue weighted by atomic mass is 10.1. The van der Waals surface area contributed by atoms with Gasteiger partial charge in [-0.3, -0.25) is 0 Å². The van der Waals surface area contributed by atoms with Crippen LogP contribution in [0.1, 0.15) is 17.3 Å². The van der Waals surface area contributed by atoms with Gasteiger partial charge in [-0.15, -0.1) is 0 Å². The van der Waals surface area contributed by atoms with Crippen molar-refractivity contribution in [2.75, 3.05) is 6.61 Å². The van der Waals surface area contributed by atoms with Crippen LogP contribution in [0.15, 0.2) is 18.2 Å². The molecule has 1 aromatic rings. The van der Waals surface area contributed by atoms with Crippen molar-refractivity contribution in [2.24, 2.45) is 0 Å². The van der Waals surface area contributed by atoms with Gasteiger partial charge >= 0.3 is 5.97 Å². The quantitative estimate of drug-likeness (QED) is 0.783. The standard InChI is InChI=1S/C10H9FO3/c11-9(10(12)13)7-1-2-8-6(5-7)3-4-14-8/h1-2,5,9H,3-4H2,(H,12,13). The number of carbonyl (C=O) groups is 1. The van der Waals surface area contributed by atoms with Crippen LogP contribution in [-0.2, 0) is 11.2 Å². The van der Waals surface area contributed by atoms with Gasteiger partial charge in [0, 0.05) is 6.42 Å². The maximum atomic E-state index is 13.1. The Morgan fingerprint density at radius 3 is 3.07 bits per heavy atom. The van der Waals surface area contributed by atoms with E-state index in [0.29, 0.717) is 6.61 Å². The summed E-state index contributed by atoms with van der Waals surface area (Å²) in [7, 11) is 0. The second-order valence-corrected chi connectivity index (χ2v) is 3.17. The normalized spacial score (nSPS) is 15.8. The second-order valence-electron chi connectivity index (χ2n) is 3.17. The lowest BCUT2D eigenvalue weighted by Crippen LogP contribution is -2.05. The molecule has 1 N–H and O–H groups in total. The number of fused-ring (bicyclic) bond motifs is 1. The highest BCUT2D eigenvalue weighted by atomic mass is 19.1. The van der Waals surface area contributed by atoms with Crippen molar-refractivity contribution in [3.05, 3.63) is 29.3 Å². The largest absolute Gasteiger partial charge is 0.493 e. The summed E-state index contributed by atoms with van der Waals surface area (Å²) in [5, 5.41) is 8.48. The smallest absolute Gasteiger partial charge is 0.343 e. The van der Waals surface area contributed by atoms with E-state index in [1.807, 2.05) is 0 Å². The first-order valence-corrected chi connectivity index (χ1v) is 4.31. The van der Waals surface area contributed by atoms with E-state index in [4.69, 9.17) is 9.84 Å². The molecule has 0 radical (unpaired) electrons. The molecule has 2 rings (SSSR count). The minimum absolute atomic E-state index is 0.182. The predicted octanol–water partition coefficient (Wildman–Crippen LogP) is 1.72. The van der Waals surface area contributed by atoms with Gasteiger partial charge < -0.3 is 9.84 Å². The molecule has 3 nitrogen and oxygen atoms in total. The number of hydrogen-bond acceptors (Lipinski definition) is 2. The van der Waals surface area contributed by atoms with Gasteiger partial charge in [0.05, 0.1) is 6.61 Å². The third-order valence-corrected chi connectivity index (χ3v) is 2.22. The maximum Gasteiger partial charge on any atom is 0.343 e. The minimum atomic E-state index is -1.94. The molecule has 0 amide bonds. The fraction of sp³-hybridized carbons (Fsp3) is 0.300. The molecule has 0 aliphatic carbocycles. The van der Waals surface area contributed by atoms with Crippen LogP contribution in [0.4, 0.5) is 4.39 Å². The maximum absolute atomic E-state index is 13.1. The van der Waals surface area contributed by atoms with Crippen LogP contribution >= 0.6 is 0 Å². The van der Waals surface area contributed by atoms with E-state index in [-0.39, 0.29) is 5.56 Å². The number of carboxylic acids is 1. The summed E-state index contributed by atoms with van der Waals surface area (Å²) in [6.07, 6.45) is -1.23. The molecule has 1 aliphatic rings. The number of rotatable bonds is 2. The molecule has 1 aliphatic heterocycles. The topological polar surface area (TPSA) is 46.5 Å². The zero-order valence-electron chi connectivity index (χ0n) is 7.37. The van der Waals surface area contributed by atoms with Gasteiger partial charge in [-0.2, -0.15) is 0 Å². The van der Waals surface area contributed by atoms with Crippen molar-refractivity contribution in [1.82, 2.24) is 0 Å². The number of benzene rings is 1. The van der Waals surface area contributed by atoms with Crippen molar-refractivity contribution in [3.8, 4) is 5.75 Å². The van der Waals surface area contributed by atoms with Gasteiger partial charge in [0.2, 0.25) is 6.17 Å². The van der Waals surface area contributed by atoms with Crippen LogP contribution in [0.25, 0.3) is 0 Å². The number of ether oxygens (including phenoxy) is 1. The number of hydrogen-bond donors (Lipinski definition) is 1. The van der Waals surface area contributed by atoms with Crippen molar-refractivity contribution < 1.29 is 19.0 Å². The molecule has 1 heterocycles. The highest BCUT2D eigenvalue weighted by molar-refractivity contribution is 5.74. The van der Waals surface area contributed by atoms with Gasteiger partial charge in [0.1, 0.15) is 5.75 Å². The molecule has 0 aromatic heterocycles. The van der Waals surface area contributed by atoms with Gasteiger partial charge in [0.25, 0.3) is 0 Å². The Bertz CT molecular complexity index is 376. The van der Waals surface area contributed by atoms with E-state index in [0.717, 1.165) is 17.7 Å². The number of carboxylic acid groups (broad SMARTS) is 1. The van der Waals surface area contributed by atoms with E-state index < -0.39 is 12.1 Å². The van der Waals surface area contributed by atoms with Crippen LogP contribution in [0.5, 0.6) is 5.75 Å².